The summed E-state index contributed by atoms with van der Waals surface area (Å²) < 4.78 is 27.9. The number of benzene rings is 5. The van der Waals surface area contributed by atoms with Crippen LogP contribution in [0, 0.1) is 20.2 Å². The van der Waals surface area contributed by atoms with E-state index < -0.39 is 9.85 Å². The van der Waals surface area contributed by atoms with Crippen molar-refractivity contribution in [2.75, 3.05) is 46.1 Å². The van der Waals surface area contributed by atoms with Gasteiger partial charge < -0.3 is 18.9 Å². The number of nitrogens with zero attached hydrogens (tertiary/aromatic N) is 7. The SMILES string of the molecule is O=[N+]([O-])c1ccc2c(c1)c(OCc1ccccc1)nn2CCOCCN(CCC/C=C\c1ccccc1)CCOCCn1nc(OCc2ccccc2)c2cc([N+](=O)[O-])ccc21. The largest absolute Gasteiger partial charge is 0.471 e. The van der Waals surface area contributed by atoms with Crippen LogP contribution >= 0.6 is 0 Å². The molecular weight excluding hydrogens is 791 g/mol. The zero-order valence-electron chi connectivity index (χ0n) is 34.4. The Balaban J connectivity index is 0.927. The van der Waals surface area contributed by atoms with E-state index in [9.17, 15) is 20.2 Å². The Hall–Kier alpha value is -6.94. The summed E-state index contributed by atoms with van der Waals surface area (Å²) in [6, 6.07) is 39.0. The second-order valence-corrected chi connectivity index (χ2v) is 14.5. The molecule has 15 heteroatoms. The predicted molar refractivity (Wildman–Crippen MR) is 237 cm³/mol. The van der Waals surface area contributed by atoms with Crippen LogP contribution in [0.2, 0.25) is 0 Å². The summed E-state index contributed by atoms with van der Waals surface area (Å²) in [5, 5.41) is 33.6. The maximum atomic E-state index is 11.6. The molecule has 0 saturated heterocycles. The normalized spacial score (nSPS) is 11.6. The van der Waals surface area contributed by atoms with Crippen LogP contribution in [0.1, 0.15) is 29.5 Å². The number of aromatic nitrogens is 4. The molecule has 7 rings (SSSR count). The second kappa shape index (κ2) is 22.1. The molecular formula is C47H49N7O8. The Morgan fingerprint density at radius 3 is 1.52 bits per heavy atom. The Morgan fingerprint density at radius 1 is 0.581 bits per heavy atom. The standard InChI is InChI=1S/C47H49N7O8/c55-53(56)40-20-22-44-42(33-40)46(61-35-38-16-7-2-8-17-38)48-51(44)27-31-59-29-25-50(24-12-4-11-15-37-13-5-1-6-14-37)26-30-60-32-28-52-45-23-21-41(54(57)58)34-43(45)47(49-52)62-36-39-18-9-3-10-19-39/h1-3,5-11,13-23,33-34H,4,12,24-32,35-36H2/b15-11-. The molecule has 0 aliphatic rings. The molecule has 0 unspecified atom stereocenters. The molecule has 2 aromatic heterocycles. The molecule has 0 amide bonds. The van der Waals surface area contributed by atoms with Gasteiger partial charge in [0.1, 0.15) is 13.2 Å². The molecule has 0 atom stereocenters. The van der Waals surface area contributed by atoms with Crippen molar-refractivity contribution in [3.63, 3.8) is 0 Å². The highest BCUT2D eigenvalue weighted by molar-refractivity contribution is 5.87. The third-order valence-electron chi connectivity index (χ3n) is 10.2. The fourth-order valence-electron chi connectivity index (χ4n) is 6.95. The van der Waals surface area contributed by atoms with Gasteiger partial charge in [-0.1, -0.05) is 103 Å². The van der Waals surface area contributed by atoms with Crippen molar-refractivity contribution in [3.8, 4) is 11.8 Å². The van der Waals surface area contributed by atoms with E-state index in [2.05, 4.69) is 39.4 Å². The molecule has 62 heavy (non-hydrogen) atoms. The smallest absolute Gasteiger partial charge is 0.270 e. The lowest BCUT2D eigenvalue weighted by Gasteiger charge is -2.22. The van der Waals surface area contributed by atoms with Gasteiger partial charge in [-0.05, 0) is 48.2 Å². The first-order valence-electron chi connectivity index (χ1n) is 20.6. The summed E-state index contributed by atoms with van der Waals surface area (Å²) in [5.74, 6) is 0.670. The Bertz CT molecular complexity index is 2400. The number of non-ortho nitro benzene ring substituents is 2. The maximum Gasteiger partial charge on any atom is 0.270 e. The first-order chi connectivity index (χ1) is 30.4. The number of nitro groups is 2. The second-order valence-electron chi connectivity index (χ2n) is 14.5. The van der Waals surface area contributed by atoms with Gasteiger partial charge in [-0.2, -0.15) is 0 Å². The van der Waals surface area contributed by atoms with Gasteiger partial charge in [0, 0.05) is 37.4 Å². The molecule has 0 spiro atoms. The number of fused-ring (bicyclic) bond motifs is 2. The number of unbranched alkanes of at least 4 members (excludes halogenated alkanes) is 1. The first kappa shape index (κ1) is 43.2. The zero-order valence-corrected chi connectivity index (χ0v) is 34.4. The van der Waals surface area contributed by atoms with Crippen LogP contribution in [-0.4, -0.2) is 80.4 Å². The third-order valence-corrected chi connectivity index (χ3v) is 10.2. The van der Waals surface area contributed by atoms with Crippen molar-refractivity contribution in [1.29, 1.82) is 0 Å². The van der Waals surface area contributed by atoms with Gasteiger partial charge in [-0.15, -0.1) is 10.2 Å². The zero-order chi connectivity index (χ0) is 42.9. The number of allylic oxidation sites excluding steroid dienone is 1. The van der Waals surface area contributed by atoms with Gasteiger partial charge in [0.15, 0.2) is 0 Å². The molecule has 320 valence electrons. The summed E-state index contributed by atoms with van der Waals surface area (Å²) >= 11 is 0. The lowest BCUT2D eigenvalue weighted by Crippen LogP contribution is -2.32. The fourth-order valence-corrected chi connectivity index (χ4v) is 6.95. The highest BCUT2D eigenvalue weighted by Gasteiger charge is 2.18. The van der Waals surface area contributed by atoms with E-state index in [1.54, 1.807) is 21.5 Å². The molecule has 0 bridgehead atoms. The van der Waals surface area contributed by atoms with E-state index >= 15 is 0 Å². The molecule has 5 aromatic carbocycles. The van der Waals surface area contributed by atoms with E-state index in [1.807, 2.05) is 78.9 Å². The molecule has 15 nitrogen and oxygen atoms in total. The first-order valence-corrected chi connectivity index (χ1v) is 20.6. The minimum absolute atomic E-state index is 0.0288. The van der Waals surface area contributed by atoms with Crippen LogP contribution < -0.4 is 9.47 Å². The molecule has 0 saturated carbocycles. The average Bonchev–Trinajstić information content (AvgIpc) is 3.84. The van der Waals surface area contributed by atoms with Crippen LogP contribution in [0.3, 0.4) is 0 Å². The van der Waals surface area contributed by atoms with E-state index in [0.717, 1.165) is 41.5 Å². The number of rotatable bonds is 25. The Morgan fingerprint density at radius 2 is 1.05 bits per heavy atom. The molecule has 0 radical (unpaired) electrons. The highest BCUT2D eigenvalue weighted by Crippen LogP contribution is 2.31. The minimum atomic E-state index is -0.422. The van der Waals surface area contributed by atoms with Crippen molar-refractivity contribution < 1.29 is 28.8 Å². The van der Waals surface area contributed by atoms with E-state index in [1.165, 1.54) is 29.8 Å². The summed E-state index contributed by atoms with van der Waals surface area (Å²) in [4.78, 5) is 24.6. The predicted octanol–water partition coefficient (Wildman–Crippen LogP) is 8.89. The molecule has 0 fully saturated rings. The molecule has 2 heterocycles. The van der Waals surface area contributed by atoms with Crippen molar-refractivity contribution in [2.24, 2.45) is 0 Å². The number of hydrogen-bond acceptors (Lipinski definition) is 11. The van der Waals surface area contributed by atoms with Gasteiger partial charge in [0.05, 0.1) is 71.2 Å². The number of ether oxygens (including phenoxy) is 4. The Labute approximate surface area is 359 Å². The number of nitro benzene ring substituents is 2. The molecule has 0 aliphatic heterocycles. The van der Waals surface area contributed by atoms with Gasteiger partial charge in [-0.25, -0.2) is 0 Å². The van der Waals surface area contributed by atoms with E-state index in [-0.39, 0.29) is 24.6 Å². The minimum Gasteiger partial charge on any atom is -0.471 e. The van der Waals surface area contributed by atoms with Gasteiger partial charge in [-0.3, -0.25) is 34.5 Å². The van der Waals surface area contributed by atoms with Crippen molar-refractivity contribution in [3.05, 3.63) is 170 Å². The summed E-state index contributed by atoms with van der Waals surface area (Å²) in [5.41, 5.74) is 4.49. The summed E-state index contributed by atoms with van der Waals surface area (Å²) in [6.07, 6.45) is 6.21. The lowest BCUT2D eigenvalue weighted by molar-refractivity contribution is -0.384. The van der Waals surface area contributed by atoms with E-state index in [0.29, 0.717) is 75.1 Å². The molecule has 0 aliphatic carbocycles. The maximum absolute atomic E-state index is 11.6. The summed E-state index contributed by atoms with van der Waals surface area (Å²) in [7, 11) is 0. The van der Waals surface area contributed by atoms with Crippen molar-refractivity contribution >= 4 is 39.3 Å². The average molecular weight is 840 g/mol. The van der Waals surface area contributed by atoms with Crippen LogP contribution in [0.4, 0.5) is 11.4 Å². The van der Waals surface area contributed by atoms with Crippen LogP contribution in [-0.2, 0) is 35.8 Å². The molecule has 0 N–H and O–H groups in total. The fraction of sp³-hybridized carbons (Fsp3) is 0.277. The van der Waals surface area contributed by atoms with Crippen molar-refractivity contribution in [2.45, 2.75) is 39.1 Å². The van der Waals surface area contributed by atoms with Crippen LogP contribution in [0.15, 0.2) is 133 Å². The summed E-state index contributed by atoms with van der Waals surface area (Å²) in [6.45, 7) is 5.40. The van der Waals surface area contributed by atoms with Gasteiger partial charge in [0.25, 0.3) is 11.4 Å². The van der Waals surface area contributed by atoms with Gasteiger partial charge in [0.2, 0.25) is 11.8 Å². The topological polar surface area (TPSA) is 162 Å². The monoisotopic (exact) mass is 839 g/mol. The lowest BCUT2D eigenvalue weighted by atomic mass is 10.2. The van der Waals surface area contributed by atoms with Crippen LogP contribution in [0.5, 0.6) is 11.8 Å². The molecule has 7 aromatic rings. The highest BCUT2D eigenvalue weighted by atomic mass is 16.6. The van der Waals surface area contributed by atoms with Crippen molar-refractivity contribution in [1.82, 2.24) is 24.5 Å². The Kier molecular flexibility index (Phi) is 15.4. The van der Waals surface area contributed by atoms with E-state index in [4.69, 9.17) is 18.9 Å². The van der Waals surface area contributed by atoms with Crippen LogP contribution in [0.25, 0.3) is 27.9 Å². The van der Waals surface area contributed by atoms with Gasteiger partial charge >= 0.3 is 0 Å². The quantitative estimate of drug-likeness (QED) is 0.0307. The third kappa shape index (κ3) is 12.1. The number of hydrogen-bond donors (Lipinski definition) is 0.